The van der Waals surface area contributed by atoms with E-state index in [0.29, 0.717) is 11.6 Å². The van der Waals surface area contributed by atoms with E-state index >= 15 is 0 Å². The van der Waals surface area contributed by atoms with Crippen LogP contribution < -0.4 is 10.6 Å². The average Bonchev–Trinajstić information content (AvgIpc) is 2.58. The average molecular weight is 397 g/mol. The Morgan fingerprint density at radius 2 is 1.92 bits per heavy atom. The maximum absolute atomic E-state index is 12.4. The number of rotatable bonds is 4. The highest BCUT2D eigenvalue weighted by Gasteiger charge is 2.10. The fourth-order valence-corrected chi connectivity index (χ4v) is 2.83. The van der Waals surface area contributed by atoms with Crippen molar-refractivity contribution >= 4 is 39.2 Å². The summed E-state index contributed by atoms with van der Waals surface area (Å²) in [7, 11) is 0. The first kappa shape index (κ1) is 17.1. The first-order valence-corrected chi connectivity index (χ1v) is 8.55. The normalized spacial score (nSPS) is 10.4. The molecule has 0 bridgehead atoms. The van der Waals surface area contributed by atoms with Gasteiger partial charge in [0, 0.05) is 22.0 Å². The van der Waals surface area contributed by atoms with Crippen LogP contribution in [0.1, 0.15) is 21.6 Å². The van der Waals surface area contributed by atoms with Crippen LogP contribution in [0, 0.1) is 13.8 Å². The van der Waals surface area contributed by atoms with Gasteiger partial charge in [0.15, 0.2) is 0 Å². The van der Waals surface area contributed by atoms with Crippen LogP contribution in [0.4, 0.5) is 17.3 Å². The minimum atomic E-state index is -0.274. The van der Waals surface area contributed by atoms with Crippen molar-refractivity contribution in [2.24, 2.45) is 0 Å². The van der Waals surface area contributed by atoms with Crippen LogP contribution in [0.25, 0.3) is 0 Å². The molecule has 0 saturated heterocycles. The summed E-state index contributed by atoms with van der Waals surface area (Å²) < 4.78 is 1.00. The smallest absolute Gasteiger partial charge is 0.274 e. The van der Waals surface area contributed by atoms with E-state index < -0.39 is 0 Å². The molecule has 0 saturated carbocycles. The molecule has 0 spiro atoms. The fraction of sp³-hybridized carbons (Fsp3) is 0.105. The van der Waals surface area contributed by atoms with Crippen LogP contribution in [0.5, 0.6) is 0 Å². The molecule has 0 aliphatic carbocycles. The lowest BCUT2D eigenvalue weighted by Gasteiger charge is -2.10. The van der Waals surface area contributed by atoms with E-state index in [0.717, 1.165) is 27.0 Å². The van der Waals surface area contributed by atoms with Crippen molar-refractivity contribution in [3.05, 3.63) is 76.0 Å². The van der Waals surface area contributed by atoms with E-state index in [9.17, 15) is 4.79 Å². The van der Waals surface area contributed by atoms with Crippen LogP contribution in [0.15, 0.2) is 59.2 Å². The van der Waals surface area contributed by atoms with Crippen molar-refractivity contribution in [3.8, 4) is 0 Å². The molecule has 2 N–H and O–H groups in total. The number of benzene rings is 2. The van der Waals surface area contributed by atoms with E-state index in [4.69, 9.17) is 0 Å². The molecule has 25 heavy (non-hydrogen) atoms. The number of aryl methyl sites for hydroxylation is 2. The van der Waals surface area contributed by atoms with E-state index in [1.54, 1.807) is 12.3 Å². The molecule has 1 heterocycles. The molecule has 0 fully saturated rings. The molecule has 0 radical (unpaired) electrons. The van der Waals surface area contributed by atoms with Gasteiger partial charge in [-0.15, -0.1) is 0 Å². The van der Waals surface area contributed by atoms with Gasteiger partial charge in [-0.25, -0.2) is 9.97 Å². The molecule has 0 aliphatic heterocycles. The SMILES string of the molecule is Cc1cccc(NC(=O)c2ccnc(Nc3ccc(Br)cc3C)n2)c1. The predicted octanol–water partition coefficient (Wildman–Crippen LogP) is 4.85. The number of halogens is 1. The summed E-state index contributed by atoms with van der Waals surface area (Å²) in [5.41, 5.74) is 4.05. The Morgan fingerprint density at radius 1 is 1.08 bits per heavy atom. The standard InChI is InChI=1S/C19H17BrN4O/c1-12-4-3-5-15(10-12)22-18(25)17-8-9-21-19(24-17)23-16-7-6-14(20)11-13(16)2/h3-11H,1-2H3,(H,22,25)(H,21,23,24). The summed E-state index contributed by atoms with van der Waals surface area (Å²) in [4.78, 5) is 20.9. The van der Waals surface area contributed by atoms with Crippen molar-refractivity contribution in [2.45, 2.75) is 13.8 Å². The molecule has 126 valence electrons. The Hall–Kier alpha value is -2.73. The third-order valence-electron chi connectivity index (χ3n) is 3.60. The molecule has 0 atom stereocenters. The van der Waals surface area contributed by atoms with Gasteiger partial charge in [0.25, 0.3) is 5.91 Å². The van der Waals surface area contributed by atoms with E-state index in [1.165, 1.54) is 0 Å². The molecular weight excluding hydrogens is 380 g/mol. The third kappa shape index (κ3) is 4.42. The number of aromatic nitrogens is 2. The second-order valence-electron chi connectivity index (χ2n) is 5.67. The van der Waals surface area contributed by atoms with Crippen molar-refractivity contribution < 1.29 is 4.79 Å². The fourth-order valence-electron chi connectivity index (χ4n) is 2.35. The monoisotopic (exact) mass is 396 g/mol. The Labute approximate surface area is 154 Å². The van der Waals surface area contributed by atoms with Gasteiger partial charge in [0.05, 0.1) is 0 Å². The van der Waals surface area contributed by atoms with Crippen molar-refractivity contribution in [1.82, 2.24) is 9.97 Å². The summed E-state index contributed by atoms with van der Waals surface area (Å²) in [5.74, 6) is 0.103. The van der Waals surface area contributed by atoms with E-state index in [2.05, 4.69) is 36.5 Å². The number of carbonyl (C=O) groups is 1. The molecule has 5 nitrogen and oxygen atoms in total. The van der Waals surface area contributed by atoms with Gasteiger partial charge in [-0.2, -0.15) is 0 Å². The van der Waals surface area contributed by atoms with Crippen LogP contribution in [0.2, 0.25) is 0 Å². The molecular formula is C19H17BrN4O. The van der Waals surface area contributed by atoms with Gasteiger partial charge < -0.3 is 10.6 Å². The molecule has 2 aromatic carbocycles. The van der Waals surface area contributed by atoms with E-state index in [1.807, 2.05) is 56.3 Å². The van der Waals surface area contributed by atoms with Crippen LogP contribution in [-0.4, -0.2) is 15.9 Å². The molecule has 1 amide bonds. The second kappa shape index (κ2) is 7.44. The van der Waals surface area contributed by atoms with Crippen molar-refractivity contribution in [1.29, 1.82) is 0 Å². The molecule has 3 rings (SSSR count). The summed E-state index contributed by atoms with van der Waals surface area (Å²) in [5, 5.41) is 5.99. The highest BCUT2D eigenvalue weighted by atomic mass is 79.9. The van der Waals surface area contributed by atoms with Crippen LogP contribution >= 0.6 is 15.9 Å². The summed E-state index contributed by atoms with van der Waals surface area (Å²) in [6.07, 6.45) is 1.56. The minimum Gasteiger partial charge on any atom is -0.324 e. The van der Waals surface area contributed by atoms with Gasteiger partial charge in [-0.05, 0) is 61.4 Å². The first-order valence-electron chi connectivity index (χ1n) is 7.75. The number of amides is 1. The zero-order valence-electron chi connectivity index (χ0n) is 13.9. The molecule has 3 aromatic rings. The van der Waals surface area contributed by atoms with Gasteiger partial charge in [-0.3, -0.25) is 4.79 Å². The Balaban J connectivity index is 1.77. The van der Waals surface area contributed by atoms with Gasteiger partial charge in [-0.1, -0.05) is 28.1 Å². The van der Waals surface area contributed by atoms with Gasteiger partial charge in [0.2, 0.25) is 5.95 Å². The highest BCUT2D eigenvalue weighted by Crippen LogP contribution is 2.22. The number of anilines is 3. The van der Waals surface area contributed by atoms with Crippen LogP contribution in [0.3, 0.4) is 0 Å². The quantitative estimate of drug-likeness (QED) is 0.661. The zero-order chi connectivity index (χ0) is 17.8. The third-order valence-corrected chi connectivity index (χ3v) is 4.09. The van der Waals surface area contributed by atoms with Gasteiger partial charge in [0.1, 0.15) is 5.69 Å². The zero-order valence-corrected chi connectivity index (χ0v) is 15.5. The molecule has 0 unspecified atom stereocenters. The van der Waals surface area contributed by atoms with Gasteiger partial charge >= 0.3 is 0 Å². The number of hydrogen-bond donors (Lipinski definition) is 2. The van der Waals surface area contributed by atoms with E-state index in [-0.39, 0.29) is 5.91 Å². The largest absolute Gasteiger partial charge is 0.324 e. The first-order chi connectivity index (χ1) is 12.0. The number of nitrogens with one attached hydrogen (secondary N) is 2. The Bertz CT molecular complexity index is 927. The predicted molar refractivity (Wildman–Crippen MR) is 103 cm³/mol. The number of nitrogens with zero attached hydrogens (tertiary/aromatic N) is 2. The van der Waals surface area contributed by atoms with Crippen molar-refractivity contribution in [2.75, 3.05) is 10.6 Å². The maximum atomic E-state index is 12.4. The van der Waals surface area contributed by atoms with Crippen LogP contribution in [-0.2, 0) is 0 Å². The Kier molecular flexibility index (Phi) is 5.09. The lowest BCUT2D eigenvalue weighted by Crippen LogP contribution is -2.14. The number of carbonyl (C=O) groups excluding carboxylic acids is 1. The number of hydrogen-bond acceptors (Lipinski definition) is 4. The lowest BCUT2D eigenvalue weighted by molar-refractivity contribution is 0.102. The lowest BCUT2D eigenvalue weighted by atomic mass is 10.2. The second-order valence-corrected chi connectivity index (χ2v) is 6.59. The summed E-state index contributed by atoms with van der Waals surface area (Å²) in [6.45, 7) is 3.96. The maximum Gasteiger partial charge on any atom is 0.274 e. The minimum absolute atomic E-state index is 0.274. The molecule has 6 heteroatoms. The van der Waals surface area contributed by atoms with Crippen molar-refractivity contribution in [3.63, 3.8) is 0 Å². The molecule has 1 aromatic heterocycles. The molecule has 0 aliphatic rings. The summed E-state index contributed by atoms with van der Waals surface area (Å²) >= 11 is 3.44. The summed E-state index contributed by atoms with van der Waals surface area (Å²) in [6, 6.07) is 15.1. The Morgan fingerprint density at radius 3 is 2.68 bits per heavy atom. The highest BCUT2D eigenvalue weighted by molar-refractivity contribution is 9.10. The topological polar surface area (TPSA) is 66.9 Å².